The van der Waals surface area contributed by atoms with Crippen LogP contribution < -0.4 is 0 Å². The maximum Gasteiger partial charge on any atom is 0.0990 e. The Kier molecular flexibility index (Phi) is 4.39. The first-order valence-corrected chi connectivity index (χ1v) is 7.25. The van der Waals surface area contributed by atoms with Crippen LogP contribution in [0, 0.1) is 17.8 Å². The summed E-state index contributed by atoms with van der Waals surface area (Å²) in [4.78, 5) is 4.42. The van der Waals surface area contributed by atoms with E-state index in [9.17, 15) is 5.11 Å². The van der Waals surface area contributed by atoms with E-state index >= 15 is 0 Å². The maximum absolute atomic E-state index is 10.6. The Morgan fingerprint density at radius 2 is 2.11 bits per heavy atom. The average Bonchev–Trinajstić information content (AvgIpc) is 2.41. The highest BCUT2D eigenvalue weighted by atomic mass is 16.3. The third kappa shape index (κ3) is 2.74. The Morgan fingerprint density at radius 1 is 1.33 bits per heavy atom. The van der Waals surface area contributed by atoms with Gasteiger partial charge < -0.3 is 5.11 Å². The molecule has 0 aromatic carbocycles. The number of rotatable bonds is 3. The van der Waals surface area contributed by atoms with Crippen LogP contribution in [0.2, 0.25) is 0 Å². The van der Waals surface area contributed by atoms with Crippen molar-refractivity contribution in [1.29, 1.82) is 0 Å². The standard InChI is InChI=1S/C16H25NO/c1-4-13-6-5-9-17-15(13)16(18)14-8-7-11(2)12(3)10-14/h5-6,9,11-12,14,16,18H,4,7-8,10H2,1-3H3. The summed E-state index contributed by atoms with van der Waals surface area (Å²) in [5.74, 6) is 1.89. The van der Waals surface area contributed by atoms with Crippen molar-refractivity contribution in [3.05, 3.63) is 29.6 Å². The third-order valence-corrected chi connectivity index (χ3v) is 4.67. The Hall–Kier alpha value is -0.890. The molecule has 0 radical (unpaired) electrons. The van der Waals surface area contributed by atoms with Crippen molar-refractivity contribution in [3.8, 4) is 0 Å². The summed E-state index contributed by atoms with van der Waals surface area (Å²) in [6, 6.07) is 4.04. The van der Waals surface area contributed by atoms with Gasteiger partial charge in [0.1, 0.15) is 0 Å². The molecule has 4 unspecified atom stereocenters. The Labute approximate surface area is 110 Å². The van der Waals surface area contributed by atoms with Gasteiger partial charge in [0.05, 0.1) is 11.8 Å². The SMILES string of the molecule is CCc1cccnc1C(O)C1CCC(C)C(C)C1. The van der Waals surface area contributed by atoms with Gasteiger partial charge >= 0.3 is 0 Å². The lowest BCUT2D eigenvalue weighted by Crippen LogP contribution is -2.26. The highest BCUT2D eigenvalue weighted by molar-refractivity contribution is 5.22. The van der Waals surface area contributed by atoms with Crippen LogP contribution in [0.5, 0.6) is 0 Å². The first kappa shape index (κ1) is 13.5. The van der Waals surface area contributed by atoms with Crippen LogP contribution in [0.15, 0.2) is 18.3 Å². The van der Waals surface area contributed by atoms with Crippen molar-refractivity contribution in [2.75, 3.05) is 0 Å². The molecule has 100 valence electrons. The first-order chi connectivity index (χ1) is 8.63. The Balaban J connectivity index is 2.13. The number of aliphatic hydroxyl groups excluding tert-OH is 1. The number of aliphatic hydroxyl groups is 1. The highest BCUT2D eigenvalue weighted by Crippen LogP contribution is 2.39. The third-order valence-electron chi connectivity index (χ3n) is 4.67. The smallest absolute Gasteiger partial charge is 0.0990 e. The first-order valence-electron chi connectivity index (χ1n) is 7.25. The summed E-state index contributed by atoms with van der Waals surface area (Å²) in [6.45, 7) is 6.76. The van der Waals surface area contributed by atoms with Crippen LogP contribution in [0.3, 0.4) is 0 Å². The minimum atomic E-state index is -0.379. The summed E-state index contributed by atoms with van der Waals surface area (Å²) >= 11 is 0. The van der Waals surface area contributed by atoms with Crippen LogP contribution in [-0.4, -0.2) is 10.1 Å². The van der Waals surface area contributed by atoms with Gasteiger partial charge in [-0.25, -0.2) is 0 Å². The second-order valence-electron chi connectivity index (χ2n) is 5.87. The number of aryl methyl sites for hydroxylation is 1. The second kappa shape index (κ2) is 5.83. The van der Waals surface area contributed by atoms with E-state index in [0.717, 1.165) is 30.9 Å². The summed E-state index contributed by atoms with van der Waals surface area (Å²) in [5, 5.41) is 10.6. The number of hydrogen-bond donors (Lipinski definition) is 1. The number of pyridine rings is 1. The van der Waals surface area contributed by atoms with Gasteiger partial charge in [-0.3, -0.25) is 4.98 Å². The number of aromatic nitrogens is 1. The predicted molar refractivity (Wildman–Crippen MR) is 74.2 cm³/mol. The molecule has 1 N–H and O–H groups in total. The van der Waals surface area contributed by atoms with E-state index in [1.165, 1.54) is 12.0 Å². The number of hydrogen-bond acceptors (Lipinski definition) is 2. The maximum atomic E-state index is 10.6. The number of nitrogens with zero attached hydrogens (tertiary/aromatic N) is 1. The largest absolute Gasteiger partial charge is 0.387 e. The van der Waals surface area contributed by atoms with Gasteiger partial charge in [-0.15, -0.1) is 0 Å². The minimum absolute atomic E-state index is 0.379. The molecule has 1 heterocycles. The molecular formula is C16H25NO. The fourth-order valence-electron chi connectivity index (χ4n) is 3.12. The summed E-state index contributed by atoms with van der Waals surface area (Å²) in [5.41, 5.74) is 2.10. The fraction of sp³-hybridized carbons (Fsp3) is 0.688. The molecule has 2 nitrogen and oxygen atoms in total. The molecule has 4 atom stereocenters. The monoisotopic (exact) mass is 247 g/mol. The lowest BCUT2D eigenvalue weighted by Gasteiger charge is -2.34. The lowest BCUT2D eigenvalue weighted by molar-refractivity contribution is 0.0525. The van der Waals surface area contributed by atoms with E-state index in [0.29, 0.717) is 11.8 Å². The van der Waals surface area contributed by atoms with Crippen LogP contribution in [-0.2, 0) is 6.42 Å². The molecule has 1 aliphatic rings. The van der Waals surface area contributed by atoms with Gasteiger partial charge in [0.25, 0.3) is 0 Å². The van der Waals surface area contributed by atoms with E-state index in [1.54, 1.807) is 6.20 Å². The Bertz CT molecular complexity index is 390. The van der Waals surface area contributed by atoms with Crippen molar-refractivity contribution >= 4 is 0 Å². The fourth-order valence-corrected chi connectivity index (χ4v) is 3.12. The molecule has 2 heteroatoms. The van der Waals surface area contributed by atoms with Crippen molar-refractivity contribution in [3.63, 3.8) is 0 Å². The molecule has 0 aliphatic heterocycles. The topological polar surface area (TPSA) is 33.1 Å². The molecule has 1 aromatic rings. The van der Waals surface area contributed by atoms with Crippen molar-refractivity contribution in [1.82, 2.24) is 4.98 Å². The second-order valence-corrected chi connectivity index (χ2v) is 5.87. The minimum Gasteiger partial charge on any atom is -0.387 e. The molecule has 0 saturated heterocycles. The van der Waals surface area contributed by atoms with Gasteiger partial charge in [0.2, 0.25) is 0 Å². The van der Waals surface area contributed by atoms with Gasteiger partial charge in [-0.2, -0.15) is 0 Å². The molecule has 1 fully saturated rings. The van der Waals surface area contributed by atoms with Gasteiger partial charge in [-0.05, 0) is 48.6 Å². The van der Waals surface area contributed by atoms with Gasteiger partial charge in [0, 0.05) is 6.20 Å². The summed E-state index contributed by atoms with van der Waals surface area (Å²) in [6.07, 6.45) is 5.85. The molecule has 18 heavy (non-hydrogen) atoms. The van der Waals surface area contributed by atoms with E-state index in [-0.39, 0.29) is 6.10 Å². The normalized spacial score (nSPS) is 30.1. The van der Waals surface area contributed by atoms with Crippen LogP contribution in [0.25, 0.3) is 0 Å². The molecule has 1 aromatic heterocycles. The average molecular weight is 247 g/mol. The lowest BCUT2D eigenvalue weighted by atomic mass is 9.73. The predicted octanol–water partition coefficient (Wildman–Crippen LogP) is 3.75. The molecular weight excluding hydrogens is 222 g/mol. The molecule has 0 spiro atoms. The van der Waals surface area contributed by atoms with Crippen LogP contribution in [0.1, 0.15) is 57.4 Å². The van der Waals surface area contributed by atoms with Gasteiger partial charge in [0.15, 0.2) is 0 Å². The van der Waals surface area contributed by atoms with Crippen molar-refractivity contribution in [2.45, 2.75) is 52.6 Å². The summed E-state index contributed by atoms with van der Waals surface area (Å²) in [7, 11) is 0. The molecule has 1 aliphatic carbocycles. The van der Waals surface area contributed by atoms with Gasteiger partial charge in [-0.1, -0.05) is 33.3 Å². The van der Waals surface area contributed by atoms with Crippen LogP contribution >= 0.6 is 0 Å². The zero-order valence-corrected chi connectivity index (χ0v) is 11.8. The van der Waals surface area contributed by atoms with Crippen molar-refractivity contribution in [2.24, 2.45) is 17.8 Å². The van der Waals surface area contributed by atoms with E-state index < -0.39 is 0 Å². The quantitative estimate of drug-likeness (QED) is 0.882. The van der Waals surface area contributed by atoms with E-state index in [1.807, 2.05) is 6.07 Å². The molecule has 0 amide bonds. The zero-order valence-electron chi connectivity index (χ0n) is 11.8. The molecule has 0 bridgehead atoms. The van der Waals surface area contributed by atoms with Crippen LogP contribution in [0.4, 0.5) is 0 Å². The highest BCUT2D eigenvalue weighted by Gasteiger charge is 2.31. The van der Waals surface area contributed by atoms with Crippen molar-refractivity contribution < 1.29 is 5.11 Å². The van der Waals surface area contributed by atoms with E-state index in [2.05, 4.69) is 31.8 Å². The molecule has 2 rings (SSSR count). The Morgan fingerprint density at radius 3 is 2.78 bits per heavy atom. The van der Waals surface area contributed by atoms with E-state index in [4.69, 9.17) is 0 Å². The summed E-state index contributed by atoms with van der Waals surface area (Å²) < 4.78 is 0. The zero-order chi connectivity index (χ0) is 13.1. The molecule has 1 saturated carbocycles.